The predicted octanol–water partition coefficient (Wildman–Crippen LogP) is 0.241. The summed E-state index contributed by atoms with van der Waals surface area (Å²) >= 11 is 0. The third-order valence-corrected chi connectivity index (χ3v) is 3.27. The molecule has 0 unspecified atom stereocenters. The molecule has 0 aliphatic carbocycles. The molecule has 5 nitrogen and oxygen atoms in total. The first-order chi connectivity index (χ1) is 6.99. The Kier molecular flexibility index (Phi) is 2.24. The molecule has 80 valence electrons. The van der Waals surface area contributed by atoms with Crippen molar-refractivity contribution < 1.29 is 8.42 Å². The molecule has 0 amide bonds. The lowest BCUT2D eigenvalue weighted by Crippen LogP contribution is -2.28. The molecule has 6 heteroatoms. The van der Waals surface area contributed by atoms with E-state index in [1.165, 1.54) is 0 Å². The second-order valence-electron chi connectivity index (χ2n) is 3.40. The first-order valence-electron chi connectivity index (χ1n) is 4.43. The van der Waals surface area contributed by atoms with Crippen molar-refractivity contribution >= 4 is 16.0 Å². The van der Waals surface area contributed by atoms with Crippen LogP contribution in [0.25, 0.3) is 0 Å². The van der Waals surface area contributed by atoms with E-state index in [4.69, 9.17) is 5.73 Å². The van der Waals surface area contributed by atoms with Crippen LogP contribution in [0.3, 0.4) is 0 Å². The Labute approximate surface area is 88.2 Å². The molecule has 1 aliphatic rings. The van der Waals surface area contributed by atoms with Crippen molar-refractivity contribution in [3.8, 4) is 0 Å². The Hall–Kier alpha value is -1.40. The molecular formula is C9H11N3O2S. The molecule has 0 bridgehead atoms. The van der Waals surface area contributed by atoms with Crippen LogP contribution in [0.15, 0.2) is 28.7 Å². The molecule has 0 saturated carbocycles. The fraction of sp³-hybridized carbons (Fsp3) is 0.222. The van der Waals surface area contributed by atoms with Gasteiger partial charge < -0.3 is 5.73 Å². The average molecular weight is 225 g/mol. The van der Waals surface area contributed by atoms with Crippen molar-refractivity contribution in [2.24, 2.45) is 10.1 Å². The summed E-state index contributed by atoms with van der Waals surface area (Å²) in [6, 6.07) is 6.92. The number of hydrogen-bond acceptors (Lipinski definition) is 3. The molecule has 0 saturated heterocycles. The number of nitrogens with one attached hydrogen (secondary N) is 1. The zero-order chi connectivity index (χ0) is 11.1. The number of aryl methyl sites for hydroxylation is 1. The summed E-state index contributed by atoms with van der Waals surface area (Å²) in [4.78, 5) is 0. The summed E-state index contributed by atoms with van der Waals surface area (Å²) in [6.07, 6.45) is 0. The van der Waals surface area contributed by atoms with Gasteiger partial charge in [0.25, 0.3) is 0 Å². The van der Waals surface area contributed by atoms with Crippen LogP contribution < -0.4 is 10.5 Å². The van der Waals surface area contributed by atoms with Gasteiger partial charge in [-0.25, -0.2) is 0 Å². The second-order valence-corrected chi connectivity index (χ2v) is 4.77. The summed E-state index contributed by atoms with van der Waals surface area (Å²) in [5.41, 5.74) is 7.37. The molecule has 1 aromatic rings. The van der Waals surface area contributed by atoms with Gasteiger partial charge in [0.15, 0.2) is 0 Å². The molecular weight excluding hydrogens is 214 g/mol. The summed E-state index contributed by atoms with van der Waals surface area (Å²) < 4.78 is 28.1. The molecule has 1 atom stereocenters. The number of amidine groups is 1. The number of nitrogens with zero attached hydrogens (tertiary/aromatic N) is 1. The topological polar surface area (TPSA) is 84.5 Å². The molecule has 15 heavy (non-hydrogen) atoms. The largest absolute Gasteiger partial charge is 0.385 e. The van der Waals surface area contributed by atoms with Crippen LogP contribution in [0.2, 0.25) is 0 Å². The van der Waals surface area contributed by atoms with Crippen molar-refractivity contribution in [1.82, 2.24) is 4.72 Å². The van der Waals surface area contributed by atoms with E-state index in [2.05, 4.69) is 9.12 Å². The van der Waals surface area contributed by atoms with Gasteiger partial charge in [-0.1, -0.05) is 24.3 Å². The Bertz CT molecular complexity index is 522. The fourth-order valence-electron chi connectivity index (χ4n) is 1.56. The highest BCUT2D eigenvalue weighted by Crippen LogP contribution is 2.22. The molecule has 0 spiro atoms. The maximum atomic E-state index is 11.2. The number of hydrogen-bond donors (Lipinski definition) is 2. The standard InChI is InChI=1S/C9H11N3O2S/c1-6-4-2-3-5-7(6)8-9(10)12-15(13,14)11-8/h2-5,8,11H,1H3,(H2,10,12)/t8-/m0/s1. The van der Waals surface area contributed by atoms with Crippen LogP contribution in [0.4, 0.5) is 0 Å². The highest BCUT2D eigenvalue weighted by atomic mass is 32.2. The molecule has 0 aromatic heterocycles. The van der Waals surface area contributed by atoms with Gasteiger partial charge >= 0.3 is 10.2 Å². The van der Waals surface area contributed by atoms with E-state index in [-0.39, 0.29) is 5.84 Å². The maximum Gasteiger partial charge on any atom is 0.322 e. The quantitative estimate of drug-likeness (QED) is 0.718. The van der Waals surface area contributed by atoms with Crippen molar-refractivity contribution in [3.05, 3.63) is 35.4 Å². The molecule has 1 aromatic carbocycles. The molecule has 0 radical (unpaired) electrons. The monoisotopic (exact) mass is 225 g/mol. The zero-order valence-corrected chi connectivity index (χ0v) is 8.95. The van der Waals surface area contributed by atoms with E-state index < -0.39 is 16.3 Å². The van der Waals surface area contributed by atoms with Gasteiger partial charge in [-0.15, -0.1) is 4.40 Å². The Morgan fingerprint density at radius 1 is 1.40 bits per heavy atom. The fourth-order valence-corrected chi connectivity index (χ4v) is 2.54. The first-order valence-corrected chi connectivity index (χ1v) is 5.87. The van der Waals surface area contributed by atoms with Gasteiger partial charge in [-0.3, -0.25) is 0 Å². The van der Waals surface area contributed by atoms with Crippen LogP contribution in [-0.2, 0) is 10.2 Å². The minimum atomic E-state index is -3.60. The number of rotatable bonds is 1. The van der Waals surface area contributed by atoms with Crippen LogP contribution >= 0.6 is 0 Å². The van der Waals surface area contributed by atoms with Gasteiger partial charge in [0.2, 0.25) is 0 Å². The van der Waals surface area contributed by atoms with Gasteiger partial charge in [0.1, 0.15) is 11.9 Å². The van der Waals surface area contributed by atoms with Crippen molar-refractivity contribution in [1.29, 1.82) is 0 Å². The minimum Gasteiger partial charge on any atom is -0.385 e. The third-order valence-electron chi connectivity index (χ3n) is 2.29. The van der Waals surface area contributed by atoms with E-state index in [1.807, 2.05) is 31.2 Å². The smallest absolute Gasteiger partial charge is 0.322 e. The van der Waals surface area contributed by atoms with Crippen LogP contribution in [-0.4, -0.2) is 14.3 Å². The average Bonchev–Trinajstić information content (AvgIpc) is 2.40. The Morgan fingerprint density at radius 2 is 2.07 bits per heavy atom. The lowest BCUT2D eigenvalue weighted by molar-refractivity contribution is 0.585. The highest BCUT2D eigenvalue weighted by molar-refractivity contribution is 7.88. The van der Waals surface area contributed by atoms with E-state index in [9.17, 15) is 8.42 Å². The Balaban J connectivity index is 2.44. The van der Waals surface area contributed by atoms with E-state index in [0.717, 1.165) is 11.1 Å². The van der Waals surface area contributed by atoms with E-state index >= 15 is 0 Å². The van der Waals surface area contributed by atoms with E-state index in [1.54, 1.807) is 0 Å². The first kappa shape index (κ1) is 10.1. The highest BCUT2D eigenvalue weighted by Gasteiger charge is 2.30. The number of nitrogens with two attached hydrogens (primary N) is 1. The zero-order valence-electron chi connectivity index (χ0n) is 8.14. The summed E-state index contributed by atoms with van der Waals surface area (Å²) in [6.45, 7) is 1.90. The van der Waals surface area contributed by atoms with E-state index in [0.29, 0.717) is 0 Å². The van der Waals surface area contributed by atoms with Crippen LogP contribution in [0, 0.1) is 6.92 Å². The van der Waals surface area contributed by atoms with Gasteiger partial charge in [0.05, 0.1) is 0 Å². The summed E-state index contributed by atoms with van der Waals surface area (Å²) in [7, 11) is -3.60. The molecule has 1 aliphatic heterocycles. The van der Waals surface area contributed by atoms with Crippen molar-refractivity contribution in [2.75, 3.05) is 0 Å². The summed E-state index contributed by atoms with van der Waals surface area (Å²) in [5, 5.41) is 0. The number of benzene rings is 1. The molecule has 0 fully saturated rings. The molecule has 2 rings (SSSR count). The normalized spacial score (nSPS) is 23.8. The molecule has 1 heterocycles. The SMILES string of the molecule is Cc1ccccc1[C@@H]1NS(=O)(=O)N=C1N. The van der Waals surface area contributed by atoms with Crippen molar-refractivity contribution in [3.63, 3.8) is 0 Å². The third kappa shape index (κ3) is 1.86. The lowest BCUT2D eigenvalue weighted by Gasteiger charge is -2.12. The predicted molar refractivity (Wildman–Crippen MR) is 57.6 cm³/mol. The summed E-state index contributed by atoms with van der Waals surface area (Å²) in [5.74, 6) is 0.0873. The van der Waals surface area contributed by atoms with Gasteiger partial charge in [-0.05, 0) is 18.1 Å². The lowest BCUT2D eigenvalue weighted by atomic mass is 10.0. The van der Waals surface area contributed by atoms with Crippen LogP contribution in [0.1, 0.15) is 17.2 Å². The van der Waals surface area contributed by atoms with Gasteiger partial charge in [0, 0.05) is 0 Å². The molecule has 3 N–H and O–H groups in total. The van der Waals surface area contributed by atoms with Crippen molar-refractivity contribution in [2.45, 2.75) is 13.0 Å². The maximum absolute atomic E-state index is 11.2. The Morgan fingerprint density at radius 3 is 2.60 bits per heavy atom. The van der Waals surface area contributed by atoms with Crippen LogP contribution in [0.5, 0.6) is 0 Å². The second kappa shape index (κ2) is 3.32. The minimum absolute atomic E-state index is 0.0873. The van der Waals surface area contributed by atoms with Gasteiger partial charge in [-0.2, -0.15) is 13.1 Å².